The van der Waals surface area contributed by atoms with Crippen LogP contribution >= 0.6 is 0 Å². The summed E-state index contributed by atoms with van der Waals surface area (Å²) in [4.78, 5) is 0. The summed E-state index contributed by atoms with van der Waals surface area (Å²) in [6.45, 7) is 0. The maximum absolute atomic E-state index is 5.70. The second-order valence-corrected chi connectivity index (χ2v) is 3.19. The van der Waals surface area contributed by atoms with Crippen LogP contribution in [0.4, 0.5) is 0 Å². The number of hydrogen-bond acceptors (Lipinski definition) is 3. The lowest BCUT2D eigenvalue weighted by Crippen LogP contribution is -2.22. The van der Waals surface area contributed by atoms with Crippen LogP contribution in [0.5, 0.6) is 0 Å². The van der Waals surface area contributed by atoms with Gasteiger partial charge in [0.2, 0.25) is 0 Å². The molecule has 0 saturated heterocycles. The minimum atomic E-state index is 0.378. The zero-order valence-corrected chi connectivity index (χ0v) is 8.14. The van der Waals surface area contributed by atoms with E-state index in [1.54, 1.807) is 0 Å². The lowest BCUT2D eigenvalue weighted by atomic mass is 10.1. The largest absolute Gasteiger partial charge is 0.382 e. The molecule has 0 amide bonds. The van der Waals surface area contributed by atoms with Crippen molar-refractivity contribution in [1.82, 2.24) is 5.53 Å². The normalized spacial score (nSPS) is 11.7. The fourth-order valence-corrected chi connectivity index (χ4v) is 1.48. The predicted molar refractivity (Wildman–Crippen MR) is 62.0 cm³/mol. The number of hydrazone groups is 1. The van der Waals surface area contributed by atoms with Crippen molar-refractivity contribution in [2.75, 3.05) is 0 Å². The molecular weight excluding hydrogens is 188 g/mol. The topological polar surface area (TPSA) is 76.4 Å². The van der Waals surface area contributed by atoms with Gasteiger partial charge in [-0.2, -0.15) is 0 Å². The molecule has 4 nitrogen and oxygen atoms in total. The van der Waals surface area contributed by atoms with E-state index in [2.05, 4.69) is 10.6 Å². The Labute approximate surface area is 87.5 Å². The first kappa shape index (κ1) is 9.48. The summed E-state index contributed by atoms with van der Waals surface area (Å²) in [5, 5.41) is 6.03. The van der Waals surface area contributed by atoms with Crippen molar-refractivity contribution in [3.63, 3.8) is 0 Å². The van der Waals surface area contributed by atoms with Gasteiger partial charge in [0.25, 0.3) is 0 Å². The Bertz CT molecular complexity index is 505. The predicted octanol–water partition coefficient (Wildman–Crippen LogP) is 0.923. The van der Waals surface area contributed by atoms with Gasteiger partial charge in [-0.15, -0.1) is 5.10 Å². The van der Waals surface area contributed by atoms with Gasteiger partial charge in [0.15, 0.2) is 5.84 Å². The smallest absolute Gasteiger partial charge is 0.152 e. The monoisotopic (exact) mass is 200 g/mol. The molecule has 0 aliphatic rings. The number of fused-ring (bicyclic) bond motifs is 1. The highest BCUT2D eigenvalue weighted by Gasteiger charge is 1.99. The van der Waals surface area contributed by atoms with Gasteiger partial charge in [-0.1, -0.05) is 36.4 Å². The Morgan fingerprint density at radius 1 is 1.07 bits per heavy atom. The van der Waals surface area contributed by atoms with Crippen LogP contribution in [-0.4, -0.2) is 5.84 Å². The molecule has 0 spiro atoms. The Kier molecular flexibility index (Phi) is 2.51. The van der Waals surface area contributed by atoms with Crippen molar-refractivity contribution >= 4 is 16.6 Å². The molecule has 0 saturated carbocycles. The quantitative estimate of drug-likeness (QED) is 0.292. The third-order valence-electron chi connectivity index (χ3n) is 2.23. The highest BCUT2D eigenvalue weighted by Crippen LogP contribution is 2.15. The van der Waals surface area contributed by atoms with Crippen molar-refractivity contribution in [3.8, 4) is 0 Å². The lowest BCUT2D eigenvalue weighted by molar-refractivity contribution is 0.804. The van der Waals surface area contributed by atoms with Crippen molar-refractivity contribution in [2.45, 2.75) is 0 Å². The highest BCUT2D eigenvalue weighted by molar-refractivity contribution is 6.00. The van der Waals surface area contributed by atoms with Crippen LogP contribution in [0.1, 0.15) is 5.56 Å². The van der Waals surface area contributed by atoms with E-state index in [9.17, 15) is 0 Å². The third-order valence-corrected chi connectivity index (χ3v) is 2.23. The lowest BCUT2D eigenvalue weighted by Gasteiger charge is -2.02. The molecule has 0 atom stereocenters. The number of nitrogens with two attached hydrogens (primary N) is 2. The van der Waals surface area contributed by atoms with Gasteiger partial charge in [-0.05, 0) is 16.8 Å². The van der Waals surface area contributed by atoms with E-state index in [1.807, 2.05) is 42.5 Å². The zero-order chi connectivity index (χ0) is 10.7. The van der Waals surface area contributed by atoms with E-state index in [0.29, 0.717) is 5.84 Å². The summed E-state index contributed by atoms with van der Waals surface area (Å²) < 4.78 is 0. The average molecular weight is 200 g/mol. The van der Waals surface area contributed by atoms with Gasteiger partial charge in [-0.25, -0.2) is 11.4 Å². The summed E-state index contributed by atoms with van der Waals surface area (Å²) in [6.07, 6.45) is 0. The summed E-state index contributed by atoms with van der Waals surface area (Å²) >= 11 is 0. The molecule has 2 aromatic rings. The summed E-state index contributed by atoms with van der Waals surface area (Å²) in [7, 11) is 0. The Hall–Kier alpha value is -2.07. The number of hydrazine groups is 1. The molecule has 0 unspecified atom stereocenters. The van der Waals surface area contributed by atoms with E-state index in [-0.39, 0.29) is 0 Å². The Morgan fingerprint density at radius 2 is 1.80 bits per heavy atom. The molecule has 0 heterocycles. The van der Waals surface area contributed by atoms with E-state index in [0.717, 1.165) is 10.9 Å². The second-order valence-electron chi connectivity index (χ2n) is 3.19. The van der Waals surface area contributed by atoms with Crippen LogP contribution in [0, 0.1) is 0 Å². The van der Waals surface area contributed by atoms with Crippen molar-refractivity contribution in [1.29, 1.82) is 0 Å². The number of benzene rings is 2. The van der Waals surface area contributed by atoms with E-state index < -0.39 is 0 Å². The molecule has 5 N–H and O–H groups in total. The Balaban J connectivity index is 2.51. The zero-order valence-electron chi connectivity index (χ0n) is 8.14. The number of nitrogens with zero attached hydrogens (tertiary/aromatic N) is 1. The molecule has 0 aliphatic heterocycles. The van der Waals surface area contributed by atoms with Gasteiger partial charge in [-0.3, -0.25) is 0 Å². The first-order chi connectivity index (χ1) is 7.31. The van der Waals surface area contributed by atoms with Gasteiger partial charge < -0.3 is 5.73 Å². The molecule has 0 fully saturated rings. The molecule has 0 radical (unpaired) electrons. The molecular formula is C11H12N4. The maximum atomic E-state index is 5.70. The summed E-state index contributed by atoms with van der Waals surface area (Å²) in [5.74, 6) is 5.44. The number of rotatable bonds is 2. The minimum Gasteiger partial charge on any atom is -0.382 e. The first-order valence-corrected chi connectivity index (χ1v) is 4.59. The Morgan fingerprint density at radius 3 is 2.53 bits per heavy atom. The molecule has 0 aliphatic carbocycles. The number of hydrogen-bond donors (Lipinski definition) is 3. The van der Waals surface area contributed by atoms with Crippen LogP contribution in [0.3, 0.4) is 0 Å². The summed E-state index contributed by atoms with van der Waals surface area (Å²) in [5.41, 5.74) is 8.73. The van der Waals surface area contributed by atoms with Crippen LogP contribution in [0.15, 0.2) is 47.6 Å². The minimum absolute atomic E-state index is 0.378. The fraction of sp³-hybridized carbons (Fsp3) is 0. The molecule has 0 aromatic heterocycles. The number of nitrogens with one attached hydrogen (secondary N) is 1. The van der Waals surface area contributed by atoms with E-state index in [4.69, 9.17) is 11.6 Å². The standard InChI is InChI=1S/C11H12N4/c12-11(14-15-13)10-6-5-8-3-1-2-4-9(8)7-10/h1-7,15H,13H2,(H2,12,14). The third kappa shape index (κ3) is 1.89. The van der Waals surface area contributed by atoms with Crippen molar-refractivity contribution < 1.29 is 0 Å². The fourth-order valence-electron chi connectivity index (χ4n) is 1.48. The molecule has 76 valence electrons. The van der Waals surface area contributed by atoms with Crippen LogP contribution in [0.25, 0.3) is 10.8 Å². The van der Waals surface area contributed by atoms with Crippen molar-refractivity contribution in [2.24, 2.45) is 16.7 Å². The van der Waals surface area contributed by atoms with Crippen LogP contribution in [-0.2, 0) is 0 Å². The highest BCUT2D eigenvalue weighted by atomic mass is 15.5. The maximum Gasteiger partial charge on any atom is 0.152 e. The van der Waals surface area contributed by atoms with Gasteiger partial charge in [0, 0.05) is 5.56 Å². The molecule has 2 aromatic carbocycles. The molecule has 15 heavy (non-hydrogen) atoms. The van der Waals surface area contributed by atoms with Gasteiger partial charge in [0.05, 0.1) is 0 Å². The van der Waals surface area contributed by atoms with E-state index in [1.165, 1.54) is 5.39 Å². The molecule has 0 bridgehead atoms. The van der Waals surface area contributed by atoms with Crippen molar-refractivity contribution in [3.05, 3.63) is 48.0 Å². The van der Waals surface area contributed by atoms with E-state index >= 15 is 0 Å². The van der Waals surface area contributed by atoms with Gasteiger partial charge >= 0.3 is 0 Å². The van der Waals surface area contributed by atoms with Crippen LogP contribution in [0.2, 0.25) is 0 Å². The second kappa shape index (κ2) is 3.98. The SMILES string of the molecule is NN/N=C(\N)c1ccc2ccccc2c1. The average Bonchev–Trinajstić information content (AvgIpc) is 2.29. The summed E-state index contributed by atoms with van der Waals surface area (Å²) in [6, 6.07) is 14.0. The van der Waals surface area contributed by atoms with Crippen LogP contribution < -0.4 is 17.1 Å². The van der Waals surface area contributed by atoms with Gasteiger partial charge in [0.1, 0.15) is 0 Å². The number of amidine groups is 1. The first-order valence-electron chi connectivity index (χ1n) is 4.59. The molecule has 2 rings (SSSR count). The molecule has 4 heteroatoms.